The van der Waals surface area contributed by atoms with Gasteiger partial charge in [0.2, 0.25) is 5.91 Å². The standard InChI is InChI=1S/C12H19N3O/c1-10(9-13-2)12(16)15-8-5-11-3-6-14-7-4-11/h3-4,6-7,10,13H,5,8-9H2,1-2H3,(H,15,16). The Morgan fingerprint density at radius 2 is 2.12 bits per heavy atom. The lowest BCUT2D eigenvalue weighted by molar-refractivity contribution is -0.124. The van der Waals surface area contributed by atoms with Gasteiger partial charge in [0.1, 0.15) is 0 Å². The van der Waals surface area contributed by atoms with Crippen molar-refractivity contribution in [3.05, 3.63) is 30.1 Å². The molecule has 0 spiro atoms. The highest BCUT2D eigenvalue weighted by Gasteiger charge is 2.10. The van der Waals surface area contributed by atoms with Gasteiger partial charge in [-0.25, -0.2) is 0 Å². The lowest BCUT2D eigenvalue weighted by atomic mass is 10.1. The van der Waals surface area contributed by atoms with Crippen molar-refractivity contribution in [2.75, 3.05) is 20.1 Å². The molecule has 0 saturated carbocycles. The second kappa shape index (κ2) is 6.95. The van der Waals surface area contributed by atoms with Crippen molar-refractivity contribution in [1.82, 2.24) is 15.6 Å². The van der Waals surface area contributed by atoms with E-state index in [1.54, 1.807) is 12.4 Å². The van der Waals surface area contributed by atoms with Gasteiger partial charge in [0.25, 0.3) is 0 Å². The molecule has 0 aliphatic carbocycles. The Morgan fingerprint density at radius 3 is 2.75 bits per heavy atom. The molecule has 0 aliphatic heterocycles. The third-order valence-electron chi connectivity index (χ3n) is 2.42. The van der Waals surface area contributed by atoms with Crippen molar-refractivity contribution >= 4 is 5.91 Å². The molecule has 1 amide bonds. The predicted octanol–water partition coefficient (Wildman–Crippen LogP) is 0.596. The van der Waals surface area contributed by atoms with Gasteiger partial charge in [-0.3, -0.25) is 9.78 Å². The number of pyridine rings is 1. The lowest BCUT2D eigenvalue weighted by Crippen LogP contribution is -2.35. The number of aromatic nitrogens is 1. The van der Waals surface area contributed by atoms with Gasteiger partial charge in [0.15, 0.2) is 0 Å². The molecule has 4 heteroatoms. The first-order valence-corrected chi connectivity index (χ1v) is 5.55. The van der Waals surface area contributed by atoms with E-state index in [0.717, 1.165) is 6.42 Å². The molecule has 1 rings (SSSR count). The topological polar surface area (TPSA) is 54.0 Å². The minimum Gasteiger partial charge on any atom is -0.355 e. The Labute approximate surface area is 96.5 Å². The second-order valence-electron chi connectivity index (χ2n) is 3.86. The van der Waals surface area contributed by atoms with Crippen LogP contribution >= 0.6 is 0 Å². The average molecular weight is 221 g/mol. The van der Waals surface area contributed by atoms with Crippen LogP contribution in [-0.4, -0.2) is 31.0 Å². The summed E-state index contributed by atoms with van der Waals surface area (Å²) >= 11 is 0. The maximum absolute atomic E-state index is 11.6. The van der Waals surface area contributed by atoms with Crippen LogP contribution in [0.15, 0.2) is 24.5 Å². The molecule has 0 aromatic carbocycles. The highest BCUT2D eigenvalue weighted by Crippen LogP contribution is 1.97. The Balaban J connectivity index is 2.23. The van der Waals surface area contributed by atoms with Gasteiger partial charge in [-0.2, -0.15) is 0 Å². The van der Waals surface area contributed by atoms with Crippen molar-refractivity contribution in [2.45, 2.75) is 13.3 Å². The van der Waals surface area contributed by atoms with Crippen LogP contribution in [0.4, 0.5) is 0 Å². The van der Waals surface area contributed by atoms with Crippen LogP contribution in [-0.2, 0) is 11.2 Å². The minimum absolute atomic E-state index is 0.0161. The quantitative estimate of drug-likeness (QED) is 0.739. The molecule has 16 heavy (non-hydrogen) atoms. The molecular weight excluding hydrogens is 202 g/mol. The Hall–Kier alpha value is -1.42. The molecule has 1 aromatic heterocycles. The fourth-order valence-corrected chi connectivity index (χ4v) is 1.45. The van der Waals surface area contributed by atoms with Crippen LogP contribution < -0.4 is 10.6 Å². The molecule has 0 saturated heterocycles. The van der Waals surface area contributed by atoms with Crippen LogP contribution in [0.3, 0.4) is 0 Å². The Kier molecular flexibility index (Phi) is 5.50. The summed E-state index contributed by atoms with van der Waals surface area (Å²) in [6, 6.07) is 3.92. The van der Waals surface area contributed by atoms with E-state index >= 15 is 0 Å². The van der Waals surface area contributed by atoms with E-state index in [2.05, 4.69) is 15.6 Å². The number of nitrogens with one attached hydrogen (secondary N) is 2. The maximum Gasteiger partial charge on any atom is 0.224 e. The van der Waals surface area contributed by atoms with E-state index in [9.17, 15) is 4.79 Å². The summed E-state index contributed by atoms with van der Waals surface area (Å²) in [4.78, 5) is 15.5. The molecule has 0 bridgehead atoms. The molecule has 0 aliphatic rings. The summed E-state index contributed by atoms with van der Waals surface area (Å²) < 4.78 is 0. The second-order valence-corrected chi connectivity index (χ2v) is 3.86. The number of hydrogen-bond acceptors (Lipinski definition) is 3. The first-order chi connectivity index (χ1) is 7.74. The van der Waals surface area contributed by atoms with Crippen molar-refractivity contribution in [3.8, 4) is 0 Å². The van der Waals surface area contributed by atoms with Crippen LogP contribution in [0.5, 0.6) is 0 Å². The molecule has 88 valence electrons. The number of hydrogen-bond donors (Lipinski definition) is 2. The fraction of sp³-hybridized carbons (Fsp3) is 0.500. The molecule has 0 fully saturated rings. The van der Waals surface area contributed by atoms with E-state index in [1.165, 1.54) is 5.56 Å². The summed E-state index contributed by atoms with van der Waals surface area (Å²) in [6.45, 7) is 3.30. The summed E-state index contributed by atoms with van der Waals surface area (Å²) in [7, 11) is 1.85. The third kappa shape index (κ3) is 4.40. The van der Waals surface area contributed by atoms with E-state index < -0.39 is 0 Å². The molecule has 1 heterocycles. The van der Waals surface area contributed by atoms with E-state index in [4.69, 9.17) is 0 Å². The van der Waals surface area contributed by atoms with Gasteiger partial charge >= 0.3 is 0 Å². The molecule has 0 radical (unpaired) electrons. The summed E-state index contributed by atoms with van der Waals surface area (Å²) in [5.74, 6) is 0.117. The SMILES string of the molecule is CNCC(C)C(=O)NCCc1ccncc1. The monoisotopic (exact) mass is 221 g/mol. The Bertz CT molecular complexity index is 313. The van der Waals surface area contributed by atoms with E-state index in [-0.39, 0.29) is 11.8 Å². The fourth-order valence-electron chi connectivity index (χ4n) is 1.45. The molecule has 1 unspecified atom stereocenters. The zero-order valence-electron chi connectivity index (χ0n) is 9.86. The van der Waals surface area contributed by atoms with E-state index in [0.29, 0.717) is 13.1 Å². The largest absolute Gasteiger partial charge is 0.355 e. The van der Waals surface area contributed by atoms with Gasteiger partial charge in [0, 0.05) is 31.4 Å². The van der Waals surface area contributed by atoms with Gasteiger partial charge in [-0.15, -0.1) is 0 Å². The average Bonchev–Trinajstić information content (AvgIpc) is 2.30. The van der Waals surface area contributed by atoms with Gasteiger partial charge in [0.05, 0.1) is 0 Å². The zero-order valence-corrected chi connectivity index (χ0v) is 9.86. The van der Waals surface area contributed by atoms with Crippen molar-refractivity contribution in [2.24, 2.45) is 5.92 Å². The zero-order chi connectivity index (χ0) is 11.8. The smallest absolute Gasteiger partial charge is 0.224 e. The van der Waals surface area contributed by atoms with Gasteiger partial charge < -0.3 is 10.6 Å². The van der Waals surface area contributed by atoms with Crippen molar-refractivity contribution in [3.63, 3.8) is 0 Å². The number of rotatable bonds is 6. The van der Waals surface area contributed by atoms with Gasteiger partial charge in [-0.05, 0) is 31.2 Å². The molecular formula is C12H19N3O. The third-order valence-corrected chi connectivity index (χ3v) is 2.42. The lowest BCUT2D eigenvalue weighted by Gasteiger charge is -2.11. The highest BCUT2D eigenvalue weighted by molar-refractivity contribution is 5.78. The highest BCUT2D eigenvalue weighted by atomic mass is 16.1. The number of amides is 1. The van der Waals surface area contributed by atoms with Crippen LogP contribution in [0.25, 0.3) is 0 Å². The predicted molar refractivity (Wildman–Crippen MR) is 64.0 cm³/mol. The molecule has 4 nitrogen and oxygen atoms in total. The number of nitrogens with zero attached hydrogens (tertiary/aromatic N) is 1. The Morgan fingerprint density at radius 1 is 1.44 bits per heavy atom. The van der Waals surface area contributed by atoms with Gasteiger partial charge in [-0.1, -0.05) is 6.92 Å². The first-order valence-electron chi connectivity index (χ1n) is 5.55. The first kappa shape index (κ1) is 12.6. The van der Waals surface area contributed by atoms with Crippen LogP contribution in [0.2, 0.25) is 0 Å². The minimum atomic E-state index is 0.0161. The summed E-state index contributed by atoms with van der Waals surface area (Å²) in [6.07, 6.45) is 4.38. The number of carbonyl (C=O) groups excluding carboxylic acids is 1. The summed E-state index contributed by atoms with van der Waals surface area (Å²) in [5, 5.41) is 5.90. The van der Waals surface area contributed by atoms with Crippen LogP contribution in [0.1, 0.15) is 12.5 Å². The maximum atomic E-state index is 11.6. The summed E-state index contributed by atoms with van der Waals surface area (Å²) in [5.41, 5.74) is 1.19. The van der Waals surface area contributed by atoms with E-state index in [1.807, 2.05) is 26.1 Å². The number of carbonyl (C=O) groups is 1. The molecule has 1 atom stereocenters. The molecule has 2 N–H and O–H groups in total. The van der Waals surface area contributed by atoms with Crippen molar-refractivity contribution in [1.29, 1.82) is 0 Å². The molecule has 1 aromatic rings. The van der Waals surface area contributed by atoms with Crippen molar-refractivity contribution < 1.29 is 4.79 Å². The normalized spacial score (nSPS) is 12.1. The van der Waals surface area contributed by atoms with Crippen LogP contribution in [0, 0.1) is 5.92 Å².